The van der Waals surface area contributed by atoms with Crippen molar-refractivity contribution >= 4 is 5.69 Å². The first-order valence-electron chi connectivity index (χ1n) is 4.31. The average Bonchev–Trinajstić information content (AvgIpc) is 2.07. The van der Waals surface area contributed by atoms with Crippen LogP contribution in [0.5, 0.6) is 5.75 Å². The van der Waals surface area contributed by atoms with Crippen LogP contribution in [-0.4, -0.2) is 5.11 Å². The van der Waals surface area contributed by atoms with Crippen molar-refractivity contribution in [2.75, 3.05) is 5.73 Å². The maximum Gasteiger partial charge on any atom is 0.138 e. The largest absolute Gasteiger partial charge is 0.506 e. The molecule has 0 unspecified atom stereocenters. The summed E-state index contributed by atoms with van der Waals surface area (Å²) < 4.78 is 0. The molecule has 12 heavy (non-hydrogen) atoms. The third-order valence-corrected chi connectivity index (χ3v) is 1.91. The molecular weight excluding hydrogens is 150 g/mol. The summed E-state index contributed by atoms with van der Waals surface area (Å²) in [7, 11) is 0. The highest BCUT2D eigenvalue weighted by Crippen LogP contribution is 2.21. The fraction of sp³-hybridized carbons (Fsp3) is 0.400. The van der Waals surface area contributed by atoms with E-state index in [0.29, 0.717) is 5.69 Å². The summed E-state index contributed by atoms with van der Waals surface area (Å²) in [6.07, 6.45) is 3.39. The molecular formula is C10H15NO. The van der Waals surface area contributed by atoms with Gasteiger partial charge in [-0.1, -0.05) is 19.4 Å². The normalized spacial score (nSPS) is 10.1. The topological polar surface area (TPSA) is 46.2 Å². The van der Waals surface area contributed by atoms with Crippen molar-refractivity contribution in [3.05, 3.63) is 23.8 Å². The number of aryl methyl sites for hydroxylation is 1. The highest BCUT2D eigenvalue weighted by Gasteiger charge is 1.97. The SMILES string of the molecule is CCCCc1ccc(O)c(N)c1. The van der Waals surface area contributed by atoms with Crippen LogP contribution in [0.2, 0.25) is 0 Å². The summed E-state index contributed by atoms with van der Waals surface area (Å²) >= 11 is 0. The molecule has 1 rings (SSSR count). The number of nitrogens with two attached hydrogens (primary N) is 1. The Labute approximate surface area is 73.0 Å². The lowest BCUT2D eigenvalue weighted by atomic mass is 10.1. The van der Waals surface area contributed by atoms with Crippen LogP contribution in [0.1, 0.15) is 25.3 Å². The number of hydrogen-bond acceptors (Lipinski definition) is 2. The van der Waals surface area contributed by atoms with Crippen LogP contribution in [0.15, 0.2) is 18.2 Å². The second-order valence-electron chi connectivity index (χ2n) is 3.00. The minimum atomic E-state index is 0.176. The number of benzene rings is 1. The fourth-order valence-corrected chi connectivity index (χ4v) is 1.14. The zero-order valence-corrected chi connectivity index (χ0v) is 7.38. The molecule has 66 valence electrons. The second kappa shape index (κ2) is 4.00. The number of nitrogen functional groups attached to an aromatic ring is 1. The minimum Gasteiger partial charge on any atom is -0.506 e. The maximum atomic E-state index is 9.14. The molecule has 2 nitrogen and oxygen atoms in total. The molecule has 1 aromatic rings. The van der Waals surface area contributed by atoms with Gasteiger partial charge in [-0.15, -0.1) is 0 Å². The third-order valence-electron chi connectivity index (χ3n) is 1.91. The molecule has 0 aliphatic carbocycles. The van der Waals surface area contributed by atoms with Crippen molar-refractivity contribution < 1.29 is 5.11 Å². The molecule has 0 heterocycles. The zero-order chi connectivity index (χ0) is 8.97. The van der Waals surface area contributed by atoms with Gasteiger partial charge in [0.15, 0.2) is 0 Å². The maximum absolute atomic E-state index is 9.14. The molecule has 0 amide bonds. The van der Waals surface area contributed by atoms with Gasteiger partial charge in [0.25, 0.3) is 0 Å². The van der Waals surface area contributed by atoms with E-state index < -0.39 is 0 Å². The van der Waals surface area contributed by atoms with Gasteiger partial charge in [0.1, 0.15) is 5.75 Å². The monoisotopic (exact) mass is 165 g/mol. The summed E-state index contributed by atoms with van der Waals surface area (Å²) in [6, 6.07) is 5.41. The Balaban J connectivity index is 2.69. The van der Waals surface area contributed by atoms with Crippen LogP contribution in [-0.2, 0) is 6.42 Å². The minimum absolute atomic E-state index is 0.176. The van der Waals surface area contributed by atoms with Gasteiger partial charge in [-0.25, -0.2) is 0 Å². The first kappa shape index (κ1) is 8.91. The van der Waals surface area contributed by atoms with Gasteiger partial charge in [0.2, 0.25) is 0 Å². The Morgan fingerprint density at radius 3 is 2.75 bits per heavy atom. The number of phenolic OH excluding ortho intramolecular Hbond substituents is 1. The number of hydrogen-bond donors (Lipinski definition) is 2. The molecule has 0 fully saturated rings. The number of aromatic hydroxyl groups is 1. The third kappa shape index (κ3) is 2.16. The Morgan fingerprint density at radius 2 is 2.17 bits per heavy atom. The molecule has 0 bridgehead atoms. The molecule has 0 aliphatic heterocycles. The summed E-state index contributed by atoms with van der Waals surface area (Å²) in [5.41, 5.74) is 7.22. The Bertz CT molecular complexity index is 258. The lowest BCUT2D eigenvalue weighted by Crippen LogP contribution is -1.89. The van der Waals surface area contributed by atoms with Crippen molar-refractivity contribution in [2.24, 2.45) is 0 Å². The first-order valence-corrected chi connectivity index (χ1v) is 4.31. The molecule has 0 spiro atoms. The quantitative estimate of drug-likeness (QED) is 0.533. The van der Waals surface area contributed by atoms with Gasteiger partial charge in [-0.05, 0) is 30.5 Å². The van der Waals surface area contributed by atoms with Gasteiger partial charge in [-0.3, -0.25) is 0 Å². The van der Waals surface area contributed by atoms with E-state index in [1.54, 1.807) is 6.07 Å². The summed E-state index contributed by atoms with van der Waals surface area (Å²) in [6.45, 7) is 2.16. The Morgan fingerprint density at radius 1 is 1.42 bits per heavy atom. The van der Waals surface area contributed by atoms with Crippen LogP contribution in [0, 0.1) is 0 Å². The number of rotatable bonds is 3. The van der Waals surface area contributed by atoms with E-state index in [-0.39, 0.29) is 5.75 Å². The van der Waals surface area contributed by atoms with Crippen LogP contribution in [0.3, 0.4) is 0 Å². The van der Waals surface area contributed by atoms with Gasteiger partial charge < -0.3 is 10.8 Å². The predicted molar refractivity (Wildman–Crippen MR) is 51.1 cm³/mol. The zero-order valence-electron chi connectivity index (χ0n) is 7.38. The van der Waals surface area contributed by atoms with E-state index in [9.17, 15) is 0 Å². The van der Waals surface area contributed by atoms with Crippen molar-refractivity contribution in [1.82, 2.24) is 0 Å². The molecule has 3 N–H and O–H groups in total. The Kier molecular flexibility index (Phi) is 2.97. The highest BCUT2D eigenvalue weighted by atomic mass is 16.3. The van der Waals surface area contributed by atoms with Gasteiger partial charge >= 0.3 is 0 Å². The van der Waals surface area contributed by atoms with E-state index >= 15 is 0 Å². The van der Waals surface area contributed by atoms with E-state index in [0.717, 1.165) is 6.42 Å². The van der Waals surface area contributed by atoms with E-state index in [4.69, 9.17) is 10.8 Å². The van der Waals surface area contributed by atoms with Crippen LogP contribution < -0.4 is 5.73 Å². The lowest BCUT2D eigenvalue weighted by molar-refractivity contribution is 0.477. The molecule has 0 saturated heterocycles. The highest BCUT2D eigenvalue weighted by molar-refractivity contribution is 5.53. The molecule has 0 aromatic heterocycles. The Hall–Kier alpha value is -1.18. The van der Waals surface area contributed by atoms with Crippen molar-refractivity contribution in [1.29, 1.82) is 0 Å². The van der Waals surface area contributed by atoms with Crippen LogP contribution in [0.25, 0.3) is 0 Å². The van der Waals surface area contributed by atoms with E-state index in [1.807, 2.05) is 12.1 Å². The number of anilines is 1. The summed E-state index contributed by atoms with van der Waals surface area (Å²) in [4.78, 5) is 0. The van der Waals surface area contributed by atoms with Gasteiger partial charge in [-0.2, -0.15) is 0 Å². The van der Waals surface area contributed by atoms with Crippen molar-refractivity contribution in [2.45, 2.75) is 26.2 Å². The summed E-state index contributed by atoms with van der Waals surface area (Å²) in [5.74, 6) is 0.176. The fourth-order valence-electron chi connectivity index (χ4n) is 1.14. The number of unbranched alkanes of at least 4 members (excludes halogenated alkanes) is 1. The average molecular weight is 165 g/mol. The van der Waals surface area contributed by atoms with Gasteiger partial charge in [0, 0.05) is 0 Å². The predicted octanol–water partition coefficient (Wildman–Crippen LogP) is 2.32. The molecule has 0 radical (unpaired) electrons. The van der Waals surface area contributed by atoms with Crippen LogP contribution >= 0.6 is 0 Å². The molecule has 1 aromatic carbocycles. The molecule has 2 heteroatoms. The van der Waals surface area contributed by atoms with Crippen molar-refractivity contribution in [3.63, 3.8) is 0 Å². The summed E-state index contributed by atoms with van der Waals surface area (Å²) in [5, 5.41) is 9.14. The molecule has 0 aliphatic rings. The molecule has 0 saturated carbocycles. The second-order valence-corrected chi connectivity index (χ2v) is 3.00. The smallest absolute Gasteiger partial charge is 0.138 e. The van der Waals surface area contributed by atoms with Crippen molar-refractivity contribution in [3.8, 4) is 5.75 Å². The lowest BCUT2D eigenvalue weighted by Gasteiger charge is -2.02. The number of phenols is 1. The van der Waals surface area contributed by atoms with Crippen LogP contribution in [0.4, 0.5) is 5.69 Å². The first-order chi connectivity index (χ1) is 5.74. The van der Waals surface area contributed by atoms with E-state index in [1.165, 1.54) is 18.4 Å². The van der Waals surface area contributed by atoms with Gasteiger partial charge in [0.05, 0.1) is 5.69 Å². The standard InChI is InChI=1S/C10H15NO/c1-2-3-4-8-5-6-10(12)9(11)7-8/h5-7,12H,2-4,11H2,1H3. The molecule has 0 atom stereocenters. The van der Waals surface area contributed by atoms with E-state index in [2.05, 4.69) is 6.92 Å².